The minimum Gasteiger partial charge on any atom is -0.355 e. The molecule has 11 aromatic carbocycles. The first kappa shape index (κ1) is 54.3. The van der Waals surface area contributed by atoms with Crippen LogP contribution < -0.4 is 15.5 Å². The molecule has 0 aliphatic rings. The van der Waals surface area contributed by atoms with Gasteiger partial charge in [-0.25, -0.2) is 9.36 Å². The van der Waals surface area contributed by atoms with Gasteiger partial charge in [0.2, 0.25) is 0 Å². The first-order chi connectivity index (χ1) is 42.9. The van der Waals surface area contributed by atoms with Crippen LogP contribution in [-0.4, -0.2) is 31.0 Å². The maximum Gasteiger partial charge on any atom is 0.0934 e. The van der Waals surface area contributed by atoms with Gasteiger partial charge in [0.1, 0.15) is 0 Å². The molecule has 0 radical (unpaired) electrons. The fraction of sp³-hybridized carbons (Fsp3) is 0. The van der Waals surface area contributed by atoms with E-state index in [0.29, 0.717) is 11.4 Å². The molecule has 416 valence electrons. The Morgan fingerprint density at radius 1 is 0.310 bits per heavy atom. The maximum atomic E-state index is 9.44. The van der Waals surface area contributed by atoms with Crippen LogP contribution in [0.15, 0.2) is 334 Å². The van der Waals surface area contributed by atoms with E-state index in [9.17, 15) is 10.8 Å². The van der Waals surface area contributed by atoms with Crippen molar-refractivity contribution in [2.75, 3.05) is 15.5 Å². The number of para-hydroxylation sites is 1. The molecule has 2 heterocycles. The summed E-state index contributed by atoms with van der Waals surface area (Å²) >= 11 is 0. The van der Waals surface area contributed by atoms with Crippen molar-refractivity contribution >= 4 is 51.3 Å². The fourth-order valence-corrected chi connectivity index (χ4v) is 10.8. The number of hydrogen-bond donors (Lipinski definition) is 4. The molecule has 9 heteroatoms. The van der Waals surface area contributed by atoms with Gasteiger partial charge in [-0.05, 0) is 95.1 Å². The fourth-order valence-electron chi connectivity index (χ4n) is 10.8. The van der Waals surface area contributed by atoms with Crippen LogP contribution in [0.4, 0.5) is 28.4 Å². The molecule has 0 saturated heterocycles. The van der Waals surface area contributed by atoms with Crippen LogP contribution in [0.5, 0.6) is 0 Å². The minimum absolute atomic E-state index is 0.360. The Labute approximate surface area is 506 Å². The van der Waals surface area contributed by atoms with E-state index in [-0.39, 0.29) is 0 Å². The highest BCUT2D eigenvalue weighted by Crippen LogP contribution is 2.42. The van der Waals surface area contributed by atoms with Crippen LogP contribution in [0, 0.1) is 10.8 Å². The zero-order valence-electron chi connectivity index (χ0n) is 47.5. The van der Waals surface area contributed by atoms with E-state index in [4.69, 9.17) is 10.2 Å². The second-order valence-corrected chi connectivity index (χ2v) is 20.9. The molecule has 13 rings (SSSR count). The lowest BCUT2D eigenvalue weighted by Gasteiger charge is -2.28. The Morgan fingerprint density at radius 2 is 0.609 bits per heavy atom. The van der Waals surface area contributed by atoms with Crippen molar-refractivity contribution in [1.29, 1.82) is 10.8 Å². The van der Waals surface area contributed by atoms with Crippen LogP contribution in [0.1, 0.15) is 22.3 Å². The topological polar surface area (TPSA) is 111 Å². The number of rotatable bonds is 19. The Kier molecular flexibility index (Phi) is 15.8. The van der Waals surface area contributed by atoms with Crippen LogP contribution in [0.25, 0.3) is 67.8 Å². The molecule has 4 N–H and O–H groups in total. The summed E-state index contributed by atoms with van der Waals surface area (Å²) in [6.45, 7) is 0. The molecule has 0 bridgehead atoms. The average molecular weight is 1120 g/mol. The third-order valence-corrected chi connectivity index (χ3v) is 15.0. The summed E-state index contributed by atoms with van der Waals surface area (Å²) in [5.74, 6) is 0. The van der Waals surface area contributed by atoms with Crippen molar-refractivity contribution < 1.29 is 0 Å². The number of nitrogens with one attached hydrogen (secondary N) is 4. The van der Waals surface area contributed by atoms with E-state index in [1.54, 1.807) is 0 Å². The Hall–Kier alpha value is -11.9. The SMILES string of the molecule is N=C(/C=C(\Nc1cc(N(c2ccccc2)c2cc(N/C(=C\C(=N)c3ccccc3)c3ccccc3)cc(-n3nc(-c4ccccc4)cc3-c3ccccc3)c2)cc(-n2nc(-c3ccccc3)cc2-c2ccccc2)c1)c1ccccc1)c1ccccc1. The van der Waals surface area contributed by atoms with Gasteiger partial charge in [0.05, 0.1) is 56.9 Å². The molecule has 0 aliphatic carbocycles. The molecular weight excluding hydrogens is 1060 g/mol. The highest BCUT2D eigenvalue weighted by Gasteiger charge is 2.23. The van der Waals surface area contributed by atoms with Gasteiger partial charge >= 0.3 is 0 Å². The first-order valence-electron chi connectivity index (χ1n) is 28.9. The smallest absolute Gasteiger partial charge is 0.0934 e. The van der Waals surface area contributed by atoms with Crippen molar-refractivity contribution in [3.05, 3.63) is 356 Å². The van der Waals surface area contributed by atoms with Gasteiger partial charge in [0.15, 0.2) is 0 Å². The molecule has 2 aromatic heterocycles. The van der Waals surface area contributed by atoms with Crippen molar-refractivity contribution in [1.82, 2.24) is 19.6 Å². The maximum absolute atomic E-state index is 9.44. The molecule has 0 fully saturated rings. The van der Waals surface area contributed by atoms with Crippen molar-refractivity contribution in [2.45, 2.75) is 0 Å². The molecule has 0 atom stereocenters. The monoisotopic (exact) mass is 1120 g/mol. The standard InChI is InChI=1S/C78H59N9/c79-71(56-28-10-1-11-29-56)52-73(58-32-14-3-15-33-58)81-64-46-67(50-69(48-64)86-77(62-40-22-7-23-41-62)54-75(83-86)60-36-18-5-19-37-60)85(66-44-26-9-27-45-66)68-47-65(82-74(59-34-16-4-17-35-59)53-72(80)57-30-12-2-13-31-57)49-70(51-68)87-78(63-42-24-8-25-43-63)55-76(84-87)61-38-20-6-21-39-61/h1-55,79-82H/b73-52-,74-53-,79-71?,80-72?. The highest BCUT2D eigenvalue weighted by atomic mass is 15.3. The normalized spacial score (nSPS) is 11.4. The van der Waals surface area contributed by atoms with Gasteiger partial charge in [-0.1, -0.05) is 261 Å². The highest BCUT2D eigenvalue weighted by molar-refractivity contribution is 6.12. The van der Waals surface area contributed by atoms with Gasteiger partial charge in [0.25, 0.3) is 0 Å². The zero-order chi connectivity index (χ0) is 58.7. The lowest BCUT2D eigenvalue weighted by molar-refractivity contribution is 0.890. The Bertz CT molecular complexity index is 4270. The minimum atomic E-state index is 0.360. The molecule has 13 aromatic rings. The van der Waals surface area contributed by atoms with Gasteiger partial charge in [-0.15, -0.1) is 0 Å². The predicted octanol–water partition coefficient (Wildman–Crippen LogP) is 19.2. The van der Waals surface area contributed by atoms with E-state index in [1.807, 2.05) is 173 Å². The Balaban J connectivity index is 1.07. The summed E-state index contributed by atoms with van der Waals surface area (Å²) in [5, 5.41) is 37.5. The second kappa shape index (κ2) is 25.3. The van der Waals surface area contributed by atoms with Crippen LogP contribution >= 0.6 is 0 Å². The molecule has 0 spiro atoms. The van der Waals surface area contributed by atoms with Crippen molar-refractivity contribution in [3.63, 3.8) is 0 Å². The number of anilines is 5. The molecular formula is C78H59N9. The van der Waals surface area contributed by atoms with E-state index < -0.39 is 0 Å². The van der Waals surface area contributed by atoms with Gasteiger partial charge in [0, 0.05) is 50.7 Å². The van der Waals surface area contributed by atoms with Crippen molar-refractivity contribution in [2.24, 2.45) is 0 Å². The van der Waals surface area contributed by atoms with Gasteiger partial charge in [-0.3, -0.25) is 0 Å². The summed E-state index contributed by atoms with van der Waals surface area (Å²) < 4.78 is 4.08. The summed E-state index contributed by atoms with van der Waals surface area (Å²) in [5.41, 5.74) is 18.7. The van der Waals surface area contributed by atoms with Crippen molar-refractivity contribution in [3.8, 4) is 56.4 Å². The molecule has 9 nitrogen and oxygen atoms in total. The first-order valence-corrected chi connectivity index (χ1v) is 28.9. The van der Waals surface area contributed by atoms with Crippen LogP contribution in [0.2, 0.25) is 0 Å². The summed E-state index contributed by atoms with van der Waals surface area (Å²) in [6, 6.07) is 109. The lowest BCUT2D eigenvalue weighted by atomic mass is 10.0. The quantitative estimate of drug-likeness (QED) is 0.0603. The number of benzene rings is 11. The van der Waals surface area contributed by atoms with Crippen LogP contribution in [-0.2, 0) is 0 Å². The number of aromatic nitrogens is 4. The van der Waals surface area contributed by atoms with E-state index in [0.717, 1.165) is 118 Å². The predicted molar refractivity (Wildman–Crippen MR) is 360 cm³/mol. The number of nitrogens with zero attached hydrogens (tertiary/aromatic N) is 5. The number of allylic oxidation sites excluding steroid dienone is 2. The third-order valence-electron chi connectivity index (χ3n) is 15.0. The molecule has 87 heavy (non-hydrogen) atoms. The molecule has 0 aliphatic heterocycles. The average Bonchev–Trinajstić information content (AvgIpc) is 3.80. The molecule has 0 amide bonds. The lowest BCUT2D eigenvalue weighted by Crippen LogP contribution is -2.14. The summed E-state index contributed by atoms with van der Waals surface area (Å²) in [4.78, 5) is 2.27. The molecule has 0 saturated carbocycles. The van der Waals surface area contributed by atoms with Gasteiger partial charge < -0.3 is 26.4 Å². The second-order valence-electron chi connectivity index (χ2n) is 20.9. The zero-order valence-corrected chi connectivity index (χ0v) is 47.5. The molecule has 0 unspecified atom stereocenters. The summed E-state index contributed by atoms with van der Waals surface area (Å²) in [7, 11) is 0. The van der Waals surface area contributed by atoms with E-state index >= 15 is 0 Å². The van der Waals surface area contributed by atoms with E-state index in [1.165, 1.54) is 0 Å². The Morgan fingerprint density at radius 3 is 0.954 bits per heavy atom. The third kappa shape index (κ3) is 12.4. The van der Waals surface area contributed by atoms with Crippen LogP contribution in [0.3, 0.4) is 0 Å². The summed E-state index contributed by atoms with van der Waals surface area (Å²) in [6.07, 6.45) is 3.80. The number of hydrogen-bond acceptors (Lipinski definition) is 7. The van der Waals surface area contributed by atoms with E-state index in [2.05, 4.69) is 185 Å². The van der Waals surface area contributed by atoms with Gasteiger partial charge in [-0.2, -0.15) is 10.2 Å². The largest absolute Gasteiger partial charge is 0.355 e.